The van der Waals surface area contributed by atoms with Gasteiger partial charge in [0.05, 0.1) is 23.2 Å². The first-order chi connectivity index (χ1) is 9.54. The molecule has 1 amide bonds. The lowest BCUT2D eigenvalue weighted by atomic mass is 10.2. The van der Waals surface area contributed by atoms with Crippen molar-refractivity contribution in [3.8, 4) is 0 Å². The highest BCUT2D eigenvalue weighted by molar-refractivity contribution is 6.33. The summed E-state index contributed by atoms with van der Waals surface area (Å²) in [5, 5.41) is 3.49. The number of carbonyl (C=O) groups excluding carboxylic acids is 1. The number of methoxy groups -OCH3 is 1. The van der Waals surface area contributed by atoms with E-state index in [0.717, 1.165) is 6.54 Å². The van der Waals surface area contributed by atoms with E-state index in [1.165, 1.54) is 0 Å². The second-order valence-electron chi connectivity index (χ2n) is 4.48. The third-order valence-electron chi connectivity index (χ3n) is 2.97. The summed E-state index contributed by atoms with van der Waals surface area (Å²) in [5.41, 5.74) is 0.487. The Balaban J connectivity index is 2.92. The van der Waals surface area contributed by atoms with Gasteiger partial charge in [-0.3, -0.25) is 4.79 Å². The van der Waals surface area contributed by atoms with Gasteiger partial charge in [-0.2, -0.15) is 0 Å². The Labute approximate surface area is 125 Å². The van der Waals surface area contributed by atoms with Gasteiger partial charge in [-0.15, -0.1) is 0 Å². The second kappa shape index (κ2) is 8.07. The molecule has 0 fully saturated rings. The molecule has 1 N–H and O–H groups in total. The van der Waals surface area contributed by atoms with E-state index in [1.54, 1.807) is 24.3 Å². The van der Waals surface area contributed by atoms with Gasteiger partial charge >= 0.3 is 0 Å². The van der Waals surface area contributed by atoms with Crippen LogP contribution in [-0.2, 0) is 4.74 Å². The quantitative estimate of drug-likeness (QED) is 0.841. The number of likely N-dealkylation sites (N-methyl/N-ethyl adjacent to an activating group) is 1. The Hall–Kier alpha value is -1.33. The lowest BCUT2D eigenvalue weighted by Gasteiger charge is -2.27. The fourth-order valence-electron chi connectivity index (χ4n) is 2.00. The SMILES string of the molecule is CCNc1ncc(C(=O)N(CC)C(C)COC)cc1Cl. The number of hydrogen-bond donors (Lipinski definition) is 1. The monoisotopic (exact) mass is 299 g/mol. The number of anilines is 1. The maximum absolute atomic E-state index is 12.5. The first-order valence-corrected chi connectivity index (χ1v) is 7.12. The van der Waals surface area contributed by atoms with E-state index in [4.69, 9.17) is 16.3 Å². The van der Waals surface area contributed by atoms with E-state index in [-0.39, 0.29) is 11.9 Å². The summed E-state index contributed by atoms with van der Waals surface area (Å²) in [5.74, 6) is 0.508. The summed E-state index contributed by atoms with van der Waals surface area (Å²) in [7, 11) is 1.62. The Kier molecular flexibility index (Phi) is 6.75. The summed E-state index contributed by atoms with van der Waals surface area (Å²) in [6, 6.07) is 1.65. The number of pyridine rings is 1. The van der Waals surface area contributed by atoms with Crippen molar-refractivity contribution in [1.29, 1.82) is 0 Å². The van der Waals surface area contributed by atoms with Gasteiger partial charge in [0.1, 0.15) is 5.82 Å². The smallest absolute Gasteiger partial charge is 0.255 e. The maximum atomic E-state index is 12.5. The number of ether oxygens (including phenoxy) is 1. The number of carbonyl (C=O) groups is 1. The minimum Gasteiger partial charge on any atom is -0.383 e. The third kappa shape index (κ3) is 4.08. The van der Waals surface area contributed by atoms with Crippen molar-refractivity contribution < 1.29 is 9.53 Å². The van der Waals surface area contributed by atoms with Crippen LogP contribution < -0.4 is 5.32 Å². The minimum absolute atomic E-state index is 0.00437. The topological polar surface area (TPSA) is 54.5 Å². The van der Waals surface area contributed by atoms with E-state index < -0.39 is 0 Å². The number of aromatic nitrogens is 1. The molecule has 0 bridgehead atoms. The molecule has 0 saturated heterocycles. The molecule has 1 unspecified atom stereocenters. The second-order valence-corrected chi connectivity index (χ2v) is 4.89. The maximum Gasteiger partial charge on any atom is 0.255 e. The zero-order chi connectivity index (χ0) is 15.1. The van der Waals surface area contributed by atoms with Gasteiger partial charge in [-0.05, 0) is 26.8 Å². The molecule has 0 spiro atoms. The number of rotatable bonds is 7. The molecule has 1 aromatic heterocycles. The van der Waals surface area contributed by atoms with Crippen molar-refractivity contribution in [1.82, 2.24) is 9.88 Å². The van der Waals surface area contributed by atoms with Crippen LogP contribution in [0, 0.1) is 0 Å². The van der Waals surface area contributed by atoms with Crippen molar-refractivity contribution in [2.75, 3.05) is 32.1 Å². The Morgan fingerprint density at radius 1 is 1.55 bits per heavy atom. The van der Waals surface area contributed by atoms with Gasteiger partial charge < -0.3 is 15.0 Å². The fraction of sp³-hybridized carbons (Fsp3) is 0.571. The molecular weight excluding hydrogens is 278 g/mol. The van der Waals surface area contributed by atoms with Crippen LogP contribution in [0.1, 0.15) is 31.1 Å². The molecule has 0 radical (unpaired) electrons. The highest BCUT2D eigenvalue weighted by Crippen LogP contribution is 2.21. The van der Waals surface area contributed by atoms with Gasteiger partial charge in [0.25, 0.3) is 5.91 Å². The van der Waals surface area contributed by atoms with E-state index in [2.05, 4.69) is 10.3 Å². The Morgan fingerprint density at radius 3 is 2.75 bits per heavy atom. The van der Waals surface area contributed by atoms with Gasteiger partial charge in [-0.25, -0.2) is 4.98 Å². The van der Waals surface area contributed by atoms with Crippen LogP contribution in [0.3, 0.4) is 0 Å². The van der Waals surface area contributed by atoms with Crippen LogP contribution in [0.25, 0.3) is 0 Å². The average molecular weight is 300 g/mol. The molecule has 1 atom stereocenters. The zero-order valence-corrected chi connectivity index (χ0v) is 13.2. The molecule has 6 heteroatoms. The minimum atomic E-state index is -0.0884. The van der Waals surface area contributed by atoms with E-state index in [0.29, 0.717) is 29.6 Å². The first kappa shape index (κ1) is 16.7. The van der Waals surface area contributed by atoms with Crippen molar-refractivity contribution in [3.63, 3.8) is 0 Å². The van der Waals surface area contributed by atoms with Crippen LogP contribution in [0.5, 0.6) is 0 Å². The fourth-order valence-corrected chi connectivity index (χ4v) is 2.24. The zero-order valence-electron chi connectivity index (χ0n) is 12.4. The van der Waals surface area contributed by atoms with Gasteiger partial charge in [-0.1, -0.05) is 11.6 Å². The van der Waals surface area contributed by atoms with Crippen LogP contribution in [0.4, 0.5) is 5.82 Å². The van der Waals surface area contributed by atoms with Crippen molar-refractivity contribution in [2.45, 2.75) is 26.8 Å². The van der Waals surface area contributed by atoms with Crippen LogP contribution in [0.15, 0.2) is 12.3 Å². The number of nitrogens with one attached hydrogen (secondary N) is 1. The normalized spacial score (nSPS) is 12.1. The number of hydrogen-bond acceptors (Lipinski definition) is 4. The molecule has 1 aromatic rings. The van der Waals surface area contributed by atoms with E-state index in [1.807, 2.05) is 20.8 Å². The van der Waals surface area contributed by atoms with Gasteiger partial charge in [0, 0.05) is 26.4 Å². The van der Waals surface area contributed by atoms with Crippen molar-refractivity contribution in [2.24, 2.45) is 0 Å². The molecule has 0 saturated carbocycles. The summed E-state index contributed by atoms with van der Waals surface area (Å²) < 4.78 is 5.10. The van der Waals surface area contributed by atoms with Crippen molar-refractivity contribution >= 4 is 23.3 Å². The largest absolute Gasteiger partial charge is 0.383 e. The van der Waals surface area contributed by atoms with Gasteiger partial charge in [0.15, 0.2) is 0 Å². The third-order valence-corrected chi connectivity index (χ3v) is 3.26. The molecule has 0 aliphatic heterocycles. The first-order valence-electron chi connectivity index (χ1n) is 6.74. The standard InChI is InChI=1S/C14H22ClN3O2/c1-5-16-13-12(15)7-11(8-17-13)14(19)18(6-2)10(3)9-20-4/h7-8,10H,5-6,9H2,1-4H3,(H,16,17). The van der Waals surface area contributed by atoms with Crippen LogP contribution in [-0.4, -0.2) is 48.6 Å². The highest BCUT2D eigenvalue weighted by atomic mass is 35.5. The molecule has 1 heterocycles. The summed E-state index contributed by atoms with van der Waals surface area (Å²) >= 11 is 6.12. The highest BCUT2D eigenvalue weighted by Gasteiger charge is 2.21. The van der Waals surface area contributed by atoms with Gasteiger partial charge in [0.2, 0.25) is 0 Å². The number of halogens is 1. The summed E-state index contributed by atoms with van der Waals surface area (Å²) in [4.78, 5) is 18.4. The average Bonchev–Trinajstić information content (AvgIpc) is 2.42. The van der Waals surface area contributed by atoms with Crippen LogP contribution in [0.2, 0.25) is 5.02 Å². The number of nitrogens with zero attached hydrogens (tertiary/aromatic N) is 2. The van der Waals surface area contributed by atoms with E-state index in [9.17, 15) is 4.79 Å². The molecule has 0 aliphatic rings. The number of amides is 1. The summed E-state index contributed by atoms with van der Waals surface area (Å²) in [6.07, 6.45) is 1.55. The summed E-state index contributed by atoms with van der Waals surface area (Å²) in [6.45, 7) is 7.68. The predicted octanol–water partition coefficient (Wildman–Crippen LogP) is 2.66. The molecular formula is C14H22ClN3O2. The molecule has 0 aromatic carbocycles. The predicted molar refractivity (Wildman–Crippen MR) is 81.5 cm³/mol. The Morgan fingerprint density at radius 2 is 2.25 bits per heavy atom. The van der Waals surface area contributed by atoms with E-state index >= 15 is 0 Å². The lowest BCUT2D eigenvalue weighted by molar-refractivity contribution is 0.0579. The molecule has 112 valence electrons. The molecule has 20 heavy (non-hydrogen) atoms. The molecule has 0 aliphatic carbocycles. The Bertz CT molecular complexity index is 454. The van der Waals surface area contributed by atoms with Crippen molar-refractivity contribution in [3.05, 3.63) is 22.8 Å². The molecule has 1 rings (SSSR count). The lowest BCUT2D eigenvalue weighted by Crippen LogP contribution is -2.41. The van der Waals surface area contributed by atoms with Crippen LogP contribution >= 0.6 is 11.6 Å². The molecule has 5 nitrogen and oxygen atoms in total.